The van der Waals surface area contributed by atoms with Crippen LogP contribution >= 0.6 is 11.8 Å². The van der Waals surface area contributed by atoms with Crippen LogP contribution in [0.2, 0.25) is 0 Å². The molecular formula is C10H22N2S. The van der Waals surface area contributed by atoms with E-state index in [2.05, 4.69) is 11.6 Å². The summed E-state index contributed by atoms with van der Waals surface area (Å²) in [6, 6.07) is 1.31. The van der Waals surface area contributed by atoms with Gasteiger partial charge in [0, 0.05) is 18.6 Å². The molecule has 13 heavy (non-hydrogen) atoms. The van der Waals surface area contributed by atoms with Crippen LogP contribution in [0.15, 0.2) is 0 Å². The molecule has 0 amide bonds. The van der Waals surface area contributed by atoms with E-state index in [1.165, 1.54) is 37.9 Å². The van der Waals surface area contributed by atoms with E-state index in [0.717, 1.165) is 12.6 Å². The lowest BCUT2D eigenvalue weighted by Crippen LogP contribution is -2.41. The monoisotopic (exact) mass is 202 g/mol. The molecule has 1 aliphatic carbocycles. The van der Waals surface area contributed by atoms with Crippen molar-refractivity contribution in [2.45, 2.75) is 44.2 Å². The van der Waals surface area contributed by atoms with Crippen LogP contribution < -0.4 is 11.1 Å². The van der Waals surface area contributed by atoms with E-state index in [-0.39, 0.29) is 0 Å². The molecule has 0 aromatic carbocycles. The molecular weight excluding hydrogens is 180 g/mol. The molecule has 0 heterocycles. The van der Waals surface area contributed by atoms with Crippen LogP contribution in [-0.2, 0) is 0 Å². The average Bonchev–Trinajstić information content (AvgIpc) is 2.64. The predicted molar refractivity (Wildman–Crippen MR) is 61.2 cm³/mol. The van der Waals surface area contributed by atoms with Crippen molar-refractivity contribution in [3.63, 3.8) is 0 Å². The van der Waals surface area contributed by atoms with E-state index in [4.69, 9.17) is 5.73 Å². The highest BCUT2D eigenvalue weighted by molar-refractivity contribution is 7.98. The number of hydrogen-bond donors (Lipinski definition) is 2. The van der Waals surface area contributed by atoms with Crippen LogP contribution in [0.25, 0.3) is 0 Å². The first kappa shape index (κ1) is 11.3. The van der Waals surface area contributed by atoms with Gasteiger partial charge in [0.05, 0.1) is 0 Å². The van der Waals surface area contributed by atoms with Crippen molar-refractivity contribution in [2.24, 2.45) is 5.73 Å². The Kier molecular flexibility index (Phi) is 5.83. The van der Waals surface area contributed by atoms with Gasteiger partial charge in [0.25, 0.3) is 0 Å². The highest BCUT2D eigenvalue weighted by atomic mass is 32.2. The third-order valence-corrected chi connectivity index (χ3v) is 3.43. The van der Waals surface area contributed by atoms with Crippen molar-refractivity contribution in [3.8, 4) is 0 Å². The van der Waals surface area contributed by atoms with E-state index >= 15 is 0 Å². The zero-order chi connectivity index (χ0) is 9.52. The van der Waals surface area contributed by atoms with Crippen LogP contribution in [-0.4, -0.2) is 30.6 Å². The lowest BCUT2D eigenvalue weighted by atomic mass is 10.1. The summed E-state index contributed by atoms with van der Waals surface area (Å²) in [4.78, 5) is 0. The van der Waals surface area contributed by atoms with Crippen LogP contribution in [0.5, 0.6) is 0 Å². The van der Waals surface area contributed by atoms with Crippen LogP contribution in [0.4, 0.5) is 0 Å². The van der Waals surface area contributed by atoms with Gasteiger partial charge in [-0.1, -0.05) is 12.8 Å². The Balaban J connectivity index is 2.13. The third kappa shape index (κ3) is 4.34. The first-order valence-corrected chi connectivity index (χ1v) is 6.71. The Morgan fingerprint density at radius 1 is 1.46 bits per heavy atom. The van der Waals surface area contributed by atoms with Crippen LogP contribution in [0, 0.1) is 0 Å². The summed E-state index contributed by atoms with van der Waals surface area (Å²) in [5, 5.41) is 3.66. The molecule has 1 aliphatic rings. The van der Waals surface area contributed by atoms with E-state index < -0.39 is 0 Å². The molecule has 1 saturated carbocycles. The second-order valence-corrected chi connectivity index (χ2v) is 4.85. The fourth-order valence-electron chi connectivity index (χ4n) is 1.96. The standard InChI is InChI=1S/C10H22N2S/c1-13-7-6-10(8-11)12-9-4-2-3-5-9/h9-10,12H,2-8,11H2,1H3. The maximum absolute atomic E-state index is 5.72. The SMILES string of the molecule is CSCCC(CN)NC1CCCC1. The normalized spacial score (nSPS) is 20.8. The maximum Gasteiger partial charge on any atom is 0.0200 e. The predicted octanol–water partition coefficient (Wildman–Crippen LogP) is 1.60. The quantitative estimate of drug-likeness (QED) is 0.687. The molecule has 0 spiro atoms. The molecule has 0 radical (unpaired) electrons. The average molecular weight is 202 g/mol. The highest BCUT2D eigenvalue weighted by Crippen LogP contribution is 2.18. The van der Waals surface area contributed by atoms with Crippen molar-refractivity contribution >= 4 is 11.8 Å². The molecule has 0 aliphatic heterocycles. The fourth-order valence-corrected chi connectivity index (χ4v) is 2.48. The molecule has 0 saturated heterocycles. The molecule has 1 rings (SSSR count). The molecule has 0 aromatic heterocycles. The number of nitrogens with two attached hydrogens (primary N) is 1. The lowest BCUT2D eigenvalue weighted by molar-refractivity contribution is 0.427. The molecule has 2 nitrogen and oxygen atoms in total. The topological polar surface area (TPSA) is 38.0 Å². The second kappa shape index (κ2) is 6.68. The number of rotatable bonds is 6. The minimum atomic E-state index is 0.551. The molecule has 0 bridgehead atoms. The summed E-state index contributed by atoms with van der Waals surface area (Å²) >= 11 is 1.91. The Morgan fingerprint density at radius 3 is 2.69 bits per heavy atom. The van der Waals surface area contributed by atoms with E-state index in [0.29, 0.717) is 6.04 Å². The smallest absolute Gasteiger partial charge is 0.0200 e. The van der Waals surface area contributed by atoms with Gasteiger partial charge in [0.2, 0.25) is 0 Å². The van der Waals surface area contributed by atoms with Crippen molar-refractivity contribution in [1.82, 2.24) is 5.32 Å². The molecule has 3 heteroatoms. The number of hydrogen-bond acceptors (Lipinski definition) is 3. The van der Waals surface area contributed by atoms with Crippen molar-refractivity contribution < 1.29 is 0 Å². The number of nitrogens with one attached hydrogen (secondary N) is 1. The van der Waals surface area contributed by atoms with Crippen molar-refractivity contribution in [2.75, 3.05) is 18.6 Å². The Hall–Kier alpha value is 0.270. The zero-order valence-corrected chi connectivity index (χ0v) is 9.41. The molecule has 1 fully saturated rings. The van der Waals surface area contributed by atoms with E-state index in [1.807, 2.05) is 11.8 Å². The van der Waals surface area contributed by atoms with Crippen molar-refractivity contribution in [3.05, 3.63) is 0 Å². The summed E-state index contributed by atoms with van der Waals surface area (Å²) < 4.78 is 0. The summed E-state index contributed by atoms with van der Waals surface area (Å²) in [6.45, 7) is 0.789. The zero-order valence-electron chi connectivity index (χ0n) is 8.59. The Labute approximate surface area is 86.0 Å². The summed E-state index contributed by atoms with van der Waals surface area (Å²) in [7, 11) is 0. The first-order chi connectivity index (χ1) is 6.36. The van der Waals surface area contributed by atoms with Crippen LogP contribution in [0.1, 0.15) is 32.1 Å². The molecule has 1 unspecified atom stereocenters. The summed E-state index contributed by atoms with van der Waals surface area (Å²) in [5.74, 6) is 1.22. The Morgan fingerprint density at radius 2 is 2.15 bits per heavy atom. The van der Waals surface area contributed by atoms with Gasteiger partial charge in [0.15, 0.2) is 0 Å². The molecule has 78 valence electrons. The van der Waals surface area contributed by atoms with E-state index in [1.54, 1.807) is 0 Å². The number of thioether (sulfide) groups is 1. The van der Waals surface area contributed by atoms with Gasteiger partial charge in [-0.2, -0.15) is 11.8 Å². The highest BCUT2D eigenvalue weighted by Gasteiger charge is 2.17. The van der Waals surface area contributed by atoms with Crippen LogP contribution in [0.3, 0.4) is 0 Å². The minimum absolute atomic E-state index is 0.551. The van der Waals surface area contributed by atoms with Gasteiger partial charge in [-0.15, -0.1) is 0 Å². The maximum atomic E-state index is 5.72. The first-order valence-electron chi connectivity index (χ1n) is 5.32. The van der Waals surface area contributed by atoms with Gasteiger partial charge in [-0.05, 0) is 31.3 Å². The van der Waals surface area contributed by atoms with Crippen molar-refractivity contribution in [1.29, 1.82) is 0 Å². The van der Waals surface area contributed by atoms with Gasteiger partial charge >= 0.3 is 0 Å². The molecule has 0 aromatic rings. The Bertz CT molecular complexity index is 124. The molecule has 3 N–H and O–H groups in total. The summed E-state index contributed by atoms with van der Waals surface area (Å²) in [6.07, 6.45) is 8.89. The summed E-state index contributed by atoms with van der Waals surface area (Å²) in [5.41, 5.74) is 5.72. The second-order valence-electron chi connectivity index (χ2n) is 3.86. The van der Waals surface area contributed by atoms with Gasteiger partial charge in [-0.3, -0.25) is 0 Å². The fraction of sp³-hybridized carbons (Fsp3) is 1.00. The lowest BCUT2D eigenvalue weighted by Gasteiger charge is -2.21. The largest absolute Gasteiger partial charge is 0.329 e. The van der Waals surface area contributed by atoms with Gasteiger partial charge in [0.1, 0.15) is 0 Å². The molecule has 1 atom stereocenters. The van der Waals surface area contributed by atoms with E-state index in [9.17, 15) is 0 Å². The minimum Gasteiger partial charge on any atom is -0.329 e. The third-order valence-electron chi connectivity index (χ3n) is 2.78. The van der Waals surface area contributed by atoms with Gasteiger partial charge < -0.3 is 11.1 Å². The van der Waals surface area contributed by atoms with Gasteiger partial charge in [-0.25, -0.2) is 0 Å².